The van der Waals surface area contributed by atoms with Gasteiger partial charge in [0.25, 0.3) is 0 Å². The molecule has 3 aromatic heterocycles. The highest BCUT2D eigenvalue weighted by Gasteiger charge is 2.23. The van der Waals surface area contributed by atoms with Crippen molar-refractivity contribution in [3.05, 3.63) is 58.7 Å². The molecule has 1 aliphatic rings. The largest absolute Gasteiger partial charge is 0.356 e. The van der Waals surface area contributed by atoms with Crippen LogP contribution >= 0.6 is 0 Å². The van der Waals surface area contributed by atoms with Gasteiger partial charge in [-0.05, 0) is 71.1 Å². The van der Waals surface area contributed by atoms with E-state index in [1.54, 1.807) is 18.2 Å². The minimum Gasteiger partial charge on any atom is -0.356 e. The normalized spacial score (nSPS) is 14.6. The van der Waals surface area contributed by atoms with Crippen LogP contribution in [-0.4, -0.2) is 69.1 Å². The number of hydrogen-bond donors (Lipinski definition) is 2. The smallest absolute Gasteiger partial charge is 0.228 e. The highest BCUT2D eigenvalue weighted by atomic mass is 16.1. The predicted molar refractivity (Wildman–Crippen MR) is 134 cm³/mol. The van der Waals surface area contributed by atoms with Crippen molar-refractivity contribution in [3.63, 3.8) is 0 Å². The Morgan fingerprint density at radius 1 is 1.14 bits per heavy atom. The van der Waals surface area contributed by atoms with Crippen LogP contribution in [0.15, 0.2) is 30.3 Å². The number of ketones is 1. The third-order valence-corrected chi connectivity index (χ3v) is 6.86. The number of fused-ring (bicyclic) bond motifs is 1. The van der Waals surface area contributed by atoms with Crippen LogP contribution < -0.4 is 4.90 Å². The zero-order valence-electron chi connectivity index (χ0n) is 20.4. The van der Waals surface area contributed by atoms with Crippen molar-refractivity contribution < 1.29 is 4.79 Å². The number of rotatable bonds is 5. The number of benzene rings is 1. The van der Waals surface area contributed by atoms with E-state index in [0.717, 1.165) is 48.7 Å². The minimum atomic E-state index is -0.249. The van der Waals surface area contributed by atoms with Crippen molar-refractivity contribution in [2.75, 3.05) is 32.1 Å². The summed E-state index contributed by atoms with van der Waals surface area (Å²) in [6.45, 7) is 5.67. The number of carbonyl (C=O) groups excluding carboxylic acids is 1. The number of H-pyrrole nitrogens is 2. The summed E-state index contributed by atoms with van der Waals surface area (Å²) < 4.78 is 0. The van der Waals surface area contributed by atoms with Crippen LogP contribution in [0, 0.1) is 25.2 Å². The Labute approximate surface area is 203 Å². The first-order chi connectivity index (χ1) is 16.9. The molecular weight excluding hydrogens is 440 g/mol. The van der Waals surface area contributed by atoms with E-state index in [4.69, 9.17) is 4.98 Å². The summed E-state index contributed by atoms with van der Waals surface area (Å²) in [4.78, 5) is 30.3. The zero-order valence-corrected chi connectivity index (χ0v) is 20.4. The summed E-state index contributed by atoms with van der Waals surface area (Å²) in [5.74, 6) is 0.872. The average Bonchev–Trinajstić information content (AvgIpc) is 3.45. The standard InChI is InChI=1S/C26H28N8O/c1-15-23(16(2)32-31-15)20-13-17(5-6-18(20)14-27)24(35)26-28-21-7-8-22(29-25(21)30-26)34-11-9-19(10-12-34)33(3)4/h5-8,13,19H,9-12H2,1-4H3,(H,31,32)(H,28,29,30). The highest BCUT2D eigenvalue weighted by Crippen LogP contribution is 2.30. The van der Waals surface area contributed by atoms with Crippen molar-refractivity contribution in [3.8, 4) is 17.2 Å². The number of anilines is 1. The average molecular weight is 469 g/mol. The van der Waals surface area contributed by atoms with Crippen molar-refractivity contribution in [2.45, 2.75) is 32.7 Å². The van der Waals surface area contributed by atoms with Gasteiger partial charge in [0, 0.05) is 41.5 Å². The topological polar surface area (TPSA) is 118 Å². The first-order valence-corrected chi connectivity index (χ1v) is 11.7. The Hall–Kier alpha value is -4.03. The Balaban J connectivity index is 1.44. The summed E-state index contributed by atoms with van der Waals surface area (Å²) in [6.07, 6.45) is 2.19. The quantitative estimate of drug-likeness (QED) is 0.430. The lowest BCUT2D eigenvalue weighted by Crippen LogP contribution is -2.42. The van der Waals surface area contributed by atoms with Crippen LogP contribution in [0.4, 0.5) is 5.82 Å². The van der Waals surface area contributed by atoms with Crippen molar-refractivity contribution in [1.82, 2.24) is 30.0 Å². The minimum absolute atomic E-state index is 0.229. The van der Waals surface area contributed by atoms with Crippen LogP contribution in [0.5, 0.6) is 0 Å². The van der Waals surface area contributed by atoms with Crippen LogP contribution in [0.3, 0.4) is 0 Å². The molecule has 4 aromatic rings. The molecule has 0 spiro atoms. The van der Waals surface area contributed by atoms with E-state index >= 15 is 0 Å². The molecule has 2 N–H and O–H groups in total. The van der Waals surface area contributed by atoms with Crippen molar-refractivity contribution in [1.29, 1.82) is 5.26 Å². The molecule has 4 heterocycles. The van der Waals surface area contributed by atoms with E-state index in [9.17, 15) is 10.1 Å². The number of aryl methyl sites for hydroxylation is 2. The molecule has 35 heavy (non-hydrogen) atoms. The van der Waals surface area contributed by atoms with Gasteiger partial charge in [-0.2, -0.15) is 10.4 Å². The summed E-state index contributed by atoms with van der Waals surface area (Å²) in [5.41, 5.74) is 5.32. The number of nitrogens with one attached hydrogen (secondary N) is 2. The molecule has 1 aliphatic heterocycles. The molecule has 5 rings (SSSR count). The summed E-state index contributed by atoms with van der Waals surface area (Å²) in [7, 11) is 4.25. The van der Waals surface area contributed by atoms with Gasteiger partial charge < -0.3 is 14.8 Å². The number of carbonyl (C=O) groups is 1. The maximum Gasteiger partial charge on any atom is 0.228 e. The fourth-order valence-electron chi connectivity index (χ4n) is 4.85. The van der Waals surface area contributed by atoms with Gasteiger partial charge in [0.05, 0.1) is 17.3 Å². The molecule has 0 saturated carbocycles. The second kappa shape index (κ2) is 8.96. The van der Waals surface area contributed by atoms with Crippen LogP contribution in [0.25, 0.3) is 22.3 Å². The number of nitriles is 1. The Bertz CT molecular complexity index is 1430. The van der Waals surface area contributed by atoms with Gasteiger partial charge in [-0.15, -0.1) is 0 Å². The van der Waals surface area contributed by atoms with Crippen molar-refractivity contribution in [2.24, 2.45) is 0 Å². The van der Waals surface area contributed by atoms with Gasteiger partial charge in [0.15, 0.2) is 11.5 Å². The maximum absolute atomic E-state index is 13.4. The van der Waals surface area contributed by atoms with Gasteiger partial charge >= 0.3 is 0 Å². The molecule has 1 saturated heterocycles. The first-order valence-electron chi connectivity index (χ1n) is 11.7. The van der Waals surface area contributed by atoms with E-state index in [-0.39, 0.29) is 11.6 Å². The molecule has 1 fully saturated rings. The second-order valence-electron chi connectivity index (χ2n) is 9.31. The monoisotopic (exact) mass is 468 g/mol. The Morgan fingerprint density at radius 2 is 1.91 bits per heavy atom. The zero-order chi connectivity index (χ0) is 24.7. The van der Waals surface area contributed by atoms with Crippen LogP contribution in [0.1, 0.15) is 46.0 Å². The number of piperidine rings is 1. The predicted octanol–water partition coefficient (Wildman–Crippen LogP) is 3.60. The molecular formula is C26H28N8O. The molecule has 178 valence electrons. The third kappa shape index (κ3) is 4.17. The van der Waals surface area contributed by atoms with Gasteiger partial charge in [0.2, 0.25) is 5.78 Å². The van der Waals surface area contributed by atoms with Gasteiger partial charge in [-0.1, -0.05) is 0 Å². The lowest BCUT2D eigenvalue weighted by atomic mass is 9.95. The van der Waals surface area contributed by atoms with E-state index in [2.05, 4.69) is 50.1 Å². The molecule has 0 aliphatic carbocycles. The molecule has 1 aromatic carbocycles. The number of pyridine rings is 1. The van der Waals surface area contributed by atoms with Gasteiger partial charge in [0.1, 0.15) is 11.3 Å². The molecule has 0 amide bonds. The molecule has 0 atom stereocenters. The van der Waals surface area contributed by atoms with Gasteiger partial charge in [-0.3, -0.25) is 9.89 Å². The fourth-order valence-corrected chi connectivity index (χ4v) is 4.85. The molecule has 9 heteroatoms. The van der Waals surface area contributed by atoms with Crippen LogP contribution in [-0.2, 0) is 0 Å². The third-order valence-electron chi connectivity index (χ3n) is 6.86. The van der Waals surface area contributed by atoms with E-state index in [1.165, 1.54) is 0 Å². The van der Waals surface area contributed by atoms with Crippen molar-refractivity contribution >= 4 is 22.8 Å². The number of aromatic amines is 2. The number of aromatic nitrogens is 5. The molecule has 0 unspecified atom stereocenters. The first kappa shape index (κ1) is 22.7. The molecule has 0 radical (unpaired) electrons. The lowest BCUT2D eigenvalue weighted by molar-refractivity contribution is 0.103. The summed E-state index contributed by atoms with van der Waals surface area (Å²) in [5, 5.41) is 16.8. The molecule has 0 bridgehead atoms. The number of hydrogen-bond acceptors (Lipinski definition) is 7. The van der Waals surface area contributed by atoms with E-state index in [1.807, 2.05) is 26.0 Å². The summed E-state index contributed by atoms with van der Waals surface area (Å²) in [6, 6.07) is 11.8. The SMILES string of the molecule is Cc1n[nH]c(C)c1-c1cc(C(=O)c2nc3ccc(N4CCC(N(C)C)CC4)nc3[nH]2)ccc1C#N. The van der Waals surface area contributed by atoms with E-state index < -0.39 is 0 Å². The number of nitrogens with zero attached hydrogens (tertiary/aromatic N) is 6. The molecule has 9 nitrogen and oxygen atoms in total. The summed E-state index contributed by atoms with van der Waals surface area (Å²) >= 11 is 0. The Kier molecular flexibility index (Phi) is 5.83. The Morgan fingerprint density at radius 3 is 2.57 bits per heavy atom. The maximum atomic E-state index is 13.4. The van der Waals surface area contributed by atoms with E-state index in [0.29, 0.717) is 33.9 Å². The van der Waals surface area contributed by atoms with Crippen LogP contribution in [0.2, 0.25) is 0 Å². The highest BCUT2D eigenvalue weighted by molar-refractivity contribution is 6.08. The number of imidazole rings is 1. The fraction of sp³-hybridized carbons (Fsp3) is 0.346. The lowest BCUT2D eigenvalue weighted by Gasteiger charge is -2.35. The second-order valence-corrected chi connectivity index (χ2v) is 9.31. The van der Waals surface area contributed by atoms with Gasteiger partial charge in [-0.25, -0.2) is 9.97 Å².